The summed E-state index contributed by atoms with van der Waals surface area (Å²) in [5.41, 5.74) is -1.32. The van der Waals surface area contributed by atoms with Crippen LogP contribution < -0.4 is 10.6 Å². The number of nitrogens with one attached hydrogen (secondary N) is 2. The van der Waals surface area contributed by atoms with Crippen LogP contribution >= 0.6 is 0 Å². The molecule has 0 bridgehead atoms. The SMILES string of the molecule is CN=C(NCc1c(F)c(F)cc(F)c1F)NCC1(C(=O)N(C)C)CCCC1. The summed E-state index contributed by atoms with van der Waals surface area (Å²) in [4.78, 5) is 18.0. The summed E-state index contributed by atoms with van der Waals surface area (Å²) in [6.07, 6.45) is 3.33. The maximum absolute atomic E-state index is 13.8. The maximum Gasteiger partial charge on any atom is 0.230 e. The minimum Gasteiger partial charge on any atom is -0.355 e. The molecule has 1 aliphatic rings. The van der Waals surface area contributed by atoms with Crippen LogP contribution in [0.25, 0.3) is 0 Å². The largest absolute Gasteiger partial charge is 0.355 e. The molecule has 1 aromatic carbocycles. The van der Waals surface area contributed by atoms with E-state index in [0.29, 0.717) is 6.54 Å². The van der Waals surface area contributed by atoms with Crippen molar-refractivity contribution in [3.05, 3.63) is 34.9 Å². The van der Waals surface area contributed by atoms with E-state index < -0.39 is 40.8 Å². The second-order valence-electron chi connectivity index (χ2n) is 6.91. The summed E-state index contributed by atoms with van der Waals surface area (Å²) in [6, 6.07) is 0.165. The lowest BCUT2D eigenvalue weighted by atomic mass is 9.84. The maximum atomic E-state index is 13.8. The van der Waals surface area contributed by atoms with E-state index >= 15 is 0 Å². The smallest absolute Gasteiger partial charge is 0.230 e. The number of guanidine groups is 1. The third kappa shape index (κ3) is 4.51. The van der Waals surface area contributed by atoms with Gasteiger partial charge in [0, 0.05) is 45.9 Å². The number of nitrogens with zero attached hydrogens (tertiary/aromatic N) is 2. The predicted octanol–water partition coefficient (Wildman–Crippen LogP) is 2.56. The van der Waals surface area contributed by atoms with Crippen LogP contribution in [0.2, 0.25) is 0 Å². The number of carbonyl (C=O) groups is 1. The molecular weight excluding hydrogens is 364 g/mol. The van der Waals surface area contributed by atoms with Crippen LogP contribution in [-0.2, 0) is 11.3 Å². The van der Waals surface area contributed by atoms with Gasteiger partial charge in [-0.15, -0.1) is 0 Å². The summed E-state index contributed by atoms with van der Waals surface area (Å²) < 4.78 is 54.1. The molecule has 0 unspecified atom stereocenters. The minimum absolute atomic E-state index is 0.00671. The second-order valence-corrected chi connectivity index (χ2v) is 6.91. The first-order chi connectivity index (χ1) is 12.7. The Morgan fingerprint density at radius 3 is 2.15 bits per heavy atom. The number of hydrogen-bond donors (Lipinski definition) is 2. The Morgan fingerprint density at radius 1 is 1.11 bits per heavy atom. The van der Waals surface area contributed by atoms with Crippen molar-refractivity contribution < 1.29 is 22.4 Å². The fraction of sp³-hybridized carbons (Fsp3) is 0.556. The Kier molecular flexibility index (Phi) is 6.67. The number of rotatable bonds is 5. The zero-order valence-electron chi connectivity index (χ0n) is 15.6. The van der Waals surface area contributed by atoms with Gasteiger partial charge in [-0.2, -0.15) is 0 Å². The Morgan fingerprint density at radius 2 is 1.67 bits per heavy atom. The molecule has 2 N–H and O–H groups in total. The molecule has 0 spiro atoms. The molecule has 0 saturated heterocycles. The molecule has 27 heavy (non-hydrogen) atoms. The van der Waals surface area contributed by atoms with Gasteiger partial charge >= 0.3 is 0 Å². The van der Waals surface area contributed by atoms with Crippen molar-refractivity contribution in [2.75, 3.05) is 27.7 Å². The van der Waals surface area contributed by atoms with Crippen molar-refractivity contribution in [3.63, 3.8) is 0 Å². The monoisotopic (exact) mass is 388 g/mol. The molecule has 0 aliphatic heterocycles. The highest BCUT2D eigenvalue weighted by Crippen LogP contribution is 2.38. The van der Waals surface area contributed by atoms with Crippen molar-refractivity contribution in [3.8, 4) is 0 Å². The Labute approximate surface area is 155 Å². The van der Waals surface area contributed by atoms with E-state index in [2.05, 4.69) is 15.6 Å². The van der Waals surface area contributed by atoms with E-state index in [1.807, 2.05) is 0 Å². The Balaban J connectivity index is 2.06. The van der Waals surface area contributed by atoms with Gasteiger partial charge in [-0.3, -0.25) is 9.79 Å². The van der Waals surface area contributed by atoms with Crippen molar-refractivity contribution >= 4 is 11.9 Å². The molecule has 0 aromatic heterocycles. The third-order valence-corrected chi connectivity index (χ3v) is 4.87. The molecule has 0 atom stereocenters. The first-order valence-electron chi connectivity index (χ1n) is 8.70. The molecule has 1 fully saturated rings. The molecule has 2 rings (SSSR count). The number of aliphatic imine (C=N–C) groups is 1. The molecule has 0 heterocycles. The molecule has 1 amide bonds. The normalized spacial score (nSPS) is 16.3. The molecule has 5 nitrogen and oxygen atoms in total. The fourth-order valence-corrected chi connectivity index (χ4v) is 3.42. The minimum atomic E-state index is -1.46. The molecule has 9 heteroatoms. The van der Waals surface area contributed by atoms with Crippen LogP contribution in [0.15, 0.2) is 11.1 Å². The summed E-state index contributed by atoms with van der Waals surface area (Å²) >= 11 is 0. The van der Waals surface area contributed by atoms with Crippen LogP contribution in [0.4, 0.5) is 17.6 Å². The van der Waals surface area contributed by atoms with Gasteiger partial charge in [-0.25, -0.2) is 17.6 Å². The van der Waals surface area contributed by atoms with Gasteiger partial charge in [0.15, 0.2) is 29.2 Å². The quantitative estimate of drug-likeness (QED) is 0.353. The standard InChI is InChI=1S/C18H24F4N4O/c1-23-17(24-9-11-14(21)12(19)8-13(20)15(11)22)25-10-18(6-4-5-7-18)16(27)26(2)3/h8H,4-7,9-10H2,1-3H3,(H2,23,24,25). The van der Waals surface area contributed by atoms with Gasteiger partial charge in [0.2, 0.25) is 5.91 Å². The van der Waals surface area contributed by atoms with E-state index in [1.54, 1.807) is 19.0 Å². The van der Waals surface area contributed by atoms with Gasteiger partial charge in [-0.1, -0.05) is 12.8 Å². The van der Waals surface area contributed by atoms with E-state index in [1.165, 1.54) is 7.05 Å². The van der Waals surface area contributed by atoms with Crippen LogP contribution in [0.5, 0.6) is 0 Å². The average molecular weight is 388 g/mol. The highest BCUT2D eigenvalue weighted by Gasteiger charge is 2.42. The first-order valence-corrected chi connectivity index (χ1v) is 8.70. The van der Waals surface area contributed by atoms with Gasteiger partial charge in [-0.05, 0) is 12.8 Å². The highest BCUT2D eigenvalue weighted by molar-refractivity contribution is 5.85. The van der Waals surface area contributed by atoms with Gasteiger partial charge in [0.1, 0.15) is 0 Å². The average Bonchev–Trinajstić information content (AvgIpc) is 3.11. The topological polar surface area (TPSA) is 56.7 Å². The van der Waals surface area contributed by atoms with E-state index in [0.717, 1.165) is 25.7 Å². The second kappa shape index (κ2) is 8.58. The third-order valence-electron chi connectivity index (χ3n) is 4.87. The molecule has 1 aliphatic carbocycles. The van der Waals surface area contributed by atoms with E-state index in [-0.39, 0.29) is 17.9 Å². The summed E-state index contributed by atoms with van der Waals surface area (Å²) in [5.74, 6) is -5.65. The van der Waals surface area contributed by atoms with Crippen LogP contribution in [0.3, 0.4) is 0 Å². The van der Waals surface area contributed by atoms with Crippen molar-refractivity contribution in [1.29, 1.82) is 0 Å². The first kappa shape index (κ1) is 21.0. The molecule has 1 saturated carbocycles. The number of amides is 1. The van der Waals surface area contributed by atoms with E-state index in [9.17, 15) is 22.4 Å². The van der Waals surface area contributed by atoms with Crippen LogP contribution in [0, 0.1) is 28.7 Å². The van der Waals surface area contributed by atoms with E-state index in [4.69, 9.17) is 0 Å². The van der Waals surface area contributed by atoms with Crippen molar-refractivity contribution in [2.45, 2.75) is 32.2 Å². The summed E-state index contributed by atoms with van der Waals surface area (Å²) in [7, 11) is 4.84. The number of hydrogen-bond acceptors (Lipinski definition) is 2. The molecular formula is C18H24F4N4O. The lowest BCUT2D eigenvalue weighted by Crippen LogP contribution is -2.49. The lowest BCUT2D eigenvalue weighted by molar-refractivity contribution is -0.138. The predicted molar refractivity (Wildman–Crippen MR) is 94.1 cm³/mol. The van der Waals surface area contributed by atoms with Gasteiger partial charge in [0.25, 0.3) is 0 Å². The van der Waals surface area contributed by atoms with Crippen molar-refractivity contribution in [1.82, 2.24) is 15.5 Å². The molecule has 150 valence electrons. The number of benzene rings is 1. The van der Waals surface area contributed by atoms with Gasteiger partial charge in [0.05, 0.1) is 5.41 Å². The summed E-state index contributed by atoms with van der Waals surface area (Å²) in [6.45, 7) is -0.202. The lowest BCUT2D eigenvalue weighted by Gasteiger charge is -2.31. The molecule has 1 aromatic rings. The van der Waals surface area contributed by atoms with Crippen LogP contribution in [0.1, 0.15) is 31.2 Å². The Bertz CT molecular complexity index is 704. The number of halogens is 4. The Hall–Kier alpha value is -2.32. The number of carbonyl (C=O) groups excluding carboxylic acids is 1. The zero-order valence-corrected chi connectivity index (χ0v) is 15.6. The van der Waals surface area contributed by atoms with Gasteiger partial charge < -0.3 is 15.5 Å². The molecule has 0 radical (unpaired) electrons. The van der Waals surface area contributed by atoms with Crippen LogP contribution in [-0.4, -0.2) is 44.5 Å². The zero-order chi connectivity index (χ0) is 20.2. The summed E-state index contributed by atoms with van der Waals surface area (Å²) in [5, 5.41) is 5.62. The fourth-order valence-electron chi connectivity index (χ4n) is 3.42. The highest BCUT2D eigenvalue weighted by atomic mass is 19.2. The van der Waals surface area contributed by atoms with Crippen molar-refractivity contribution in [2.24, 2.45) is 10.4 Å².